The fourth-order valence-electron chi connectivity index (χ4n) is 4.61. The van der Waals surface area contributed by atoms with Crippen LogP contribution >= 0.6 is 0 Å². The van der Waals surface area contributed by atoms with Crippen LogP contribution in [-0.2, 0) is 4.74 Å². The van der Waals surface area contributed by atoms with Gasteiger partial charge in [0.2, 0.25) is 0 Å². The summed E-state index contributed by atoms with van der Waals surface area (Å²) in [5, 5.41) is 27.7. The van der Waals surface area contributed by atoms with Gasteiger partial charge in [0.15, 0.2) is 5.78 Å². The number of anilines is 1. The minimum absolute atomic E-state index is 0.0323. The summed E-state index contributed by atoms with van der Waals surface area (Å²) in [6, 6.07) is 13.0. The molecule has 35 heavy (non-hydrogen) atoms. The molecule has 1 aliphatic carbocycles. The van der Waals surface area contributed by atoms with E-state index in [4.69, 9.17) is 10.5 Å². The normalized spacial score (nSPS) is 20.7. The van der Waals surface area contributed by atoms with Gasteiger partial charge in [-0.3, -0.25) is 9.36 Å². The number of aromatic nitrogens is 5. The van der Waals surface area contributed by atoms with Crippen molar-refractivity contribution in [2.45, 2.75) is 24.9 Å². The highest BCUT2D eigenvalue weighted by atomic mass is 16.5. The molecule has 4 N–H and O–H groups in total. The summed E-state index contributed by atoms with van der Waals surface area (Å²) in [7, 11) is 0. The minimum Gasteiger partial charge on any atom is -0.394 e. The maximum atomic E-state index is 12.9. The zero-order valence-electron chi connectivity index (χ0n) is 18.3. The summed E-state index contributed by atoms with van der Waals surface area (Å²) < 4.78 is 8.31. The molecule has 2 aromatic heterocycles. The van der Waals surface area contributed by atoms with Crippen LogP contribution in [0.15, 0.2) is 59.7 Å². The summed E-state index contributed by atoms with van der Waals surface area (Å²) in [5.41, 5.74) is 9.75. The van der Waals surface area contributed by atoms with Crippen molar-refractivity contribution in [2.75, 3.05) is 12.3 Å². The third-order valence-electron chi connectivity index (χ3n) is 6.42. The van der Waals surface area contributed by atoms with Crippen LogP contribution in [0, 0.1) is 0 Å². The Morgan fingerprint density at radius 2 is 1.80 bits per heavy atom. The molecule has 2 aliphatic rings. The van der Waals surface area contributed by atoms with E-state index in [1.165, 1.54) is 15.4 Å². The molecule has 3 atom stereocenters. The number of aliphatic hydroxyl groups excluding tert-OH is 2. The number of aliphatic hydroxyl groups is 2. The first-order chi connectivity index (χ1) is 16.9. The Hall–Kier alpha value is -4.19. The van der Waals surface area contributed by atoms with E-state index in [0.29, 0.717) is 28.1 Å². The van der Waals surface area contributed by atoms with Crippen molar-refractivity contribution in [3.63, 3.8) is 0 Å². The van der Waals surface area contributed by atoms with E-state index in [1.807, 2.05) is 36.4 Å². The molecule has 0 spiro atoms. The fourth-order valence-corrected chi connectivity index (χ4v) is 4.61. The first kappa shape index (κ1) is 21.4. The van der Waals surface area contributed by atoms with Gasteiger partial charge >= 0.3 is 5.69 Å². The van der Waals surface area contributed by atoms with Crippen LogP contribution in [0.2, 0.25) is 0 Å². The molecule has 0 amide bonds. The van der Waals surface area contributed by atoms with E-state index in [-0.39, 0.29) is 24.6 Å². The molecule has 11 nitrogen and oxygen atoms in total. The number of ketones is 1. The Balaban J connectivity index is 1.35. The van der Waals surface area contributed by atoms with Crippen LogP contribution in [0.25, 0.3) is 28.1 Å². The van der Waals surface area contributed by atoms with Crippen molar-refractivity contribution in [3.05, 3.63) is 76.5 Å². The Morgan fingerprint density at radius 1 is 1.03 bits per heavy atom. The van der Waals surface area contributed by atoms with Crippen LogP contribution in [0.4, 0.5) is 5.82 Å². The van der Waals surface area contributed by atoms with Crippen molar-refractivity contribution in [2.24, 2.45) is 0 Å². The molecule has 11 heteroatoms. The Bertz CT molecular complexity index is 1540. The lowest BCUT2D eigenvalue weighted by Crippen LogP contribution is -2.28. The number of benzene rings is 2. The predicted octanol–water partition coefficient (Wildman–Crippen LogP) is 0.925. The molecule has 0 saturated carbocycles. The quantitative estimate of drug-likeness (QED) is 0.346. The first-order valence-corrected chi connectivity index (χ1v) is 11.0. The molecule has 0 unspecified atom stereocenters. The third-order valence-corrected chi connectivity index (χ3v) is 6.42. The third kappa shape index (κ3) is 3.36. The smallest absolute Gasteiger partial charge is 0.351 e. The Morgan fingerprint density at radius 3 is 2.57 bits per heavy atom. The highest BCUT2D eigenvalue weighted by molar-refractivity contribution is 6.21. The Kier molecular flexibility index (Phi) is 4.85. The molecule has 3 heterocycles. The zero-order valence-corrected chi connectivity index (χ0v) is 18.3. The predicted molar refractivity (Wildman–Crippen MR) is 124 cm³/mol. The molecule has 0 radical (unpaired) electrons. The number of ether oxygens (including phenoxy) is 1. The van der Waals surface area contributed by atoms with Gasteiger partial charge in [-0.05, 0) is 23.3 Å². The molecule has 1 aliphatic heterocycles. The maximum absolute atomic E-state index is 12.9. The summed E-state index contributed by atoms with van der Waals surface area (Å²) in [5.74, 6) is -0.0756. The second-order valence-corrected chi connectivity index (χ2v) is 8.50. The van der Waals surface area contributed by atoms with Gasteiger partial charge < -0.3 is 20.7 Å². The van der Waals surface area contributed by atoms with Gasteiger partial charge in [-0.15, -0.1) is 5.10 Å². The van der Waals surface area contributed by atoms with Gasteiger partial charge in [0, 0.05) is 23.7 Å². The lowest BCUT2D eigenvalue weighted by Gasteiger charge is -2.15. The minimum atomic E-state index is -0.910. The number of carbonyl (C=O) groups is 1. The van der Waals surface area contributed by atoms with Crippen LogP contribution < -0.4 is 11.4 Å². The highest BCUT2D eigenvalue weighted by Gasteiger charge is 2.35. The van der Waals surface area contributed by atoms with Gasteiger partial charge in [0.25, 0.3) is 0 Å². The molecule has 0 bridgehead atoms. The molecule has 1 fully saturated rings. The number of carbonyl (C=O) groups excluding carboxylic acids is 1. The Labute approximate surface area is 198 Å². The lowest BCUT2D eigenvalue weighted by molar-refractivity contribution is -0.0458. The van der Waals surface area contributed by atoms with Gasteiger partial charge in [-0.2, -0.15) is 4.98 Å². The average molecular weight is 472 g/mol. The van der Waals surface area contributed by atoms with Crippen molar-refractivity contribution in [1.29, 1.82) is 0 Å². The second-order valence-electron chi connectivity index (χ2n) is 8.50. The van der Waals surface area contributed by atoms with Crippen LogP contribution in [0.3, 0.4) is 0 Å². The van der Waals surface area contributed by atoms with E-state index in [1.54, 1.807) is 12.3 Å². The van der Waals surface area contributed by atoms with Gasteiger partial charge in [-0.1, -0.05) is 35.5 Å². The number of nitrogen functional groups attached to an aromatic ring is 1. The molecular weight excluding hydrogens is 452 g/mol. The summed E-state index contributed by atoms with van der Waals surface area (Å²) in [4.78, 5) is 29.2. The summed E-state index contributed by atoms with van der Waals surface area (Å²) in [6.07, 6.45) is 0.695. The van der Waals surface area contributed by atoms with Crippen molar-refractivity contribution < 1.29 is 19.7 Å². The standard InChI is InChI=1S/C24H20N6O5/c25-23-17(9-29(24(34)26-23)21-8-19(32)20(11-31)35-21)18-10-30(28-27-18)12-5-6-14-13-3-1-2-4-15(13)22(33)16(14)7-12/h1-7,9-10,19-21,31-32H,8,11H2,(H2,25,26,34)/t19-,20+,21+/m0/s1. The van der Waals surface area contributed by atoms with Crippen LogP contribution in [0.1, 0.15) is 28.6 Å². The summed E-state index contributed by atoms with van der Waals surface area (Å²) in [6.45, 7) is -0.371. The monoisotopic (exact) mass is 472 g/mol. The maximum Gasteiger partial charge on any atom is 0.351 e. The molecule has 2 aromatic carbocycles. The topological polar surface area (TPSA) is 158 Å². The second kappa shape index (κ2) is 7.94. The number of hydrogen-bond acceptors (Lipinski definition) is 9. The van der Waals surface area contributed by atoms with Crippen LogP contribution in [0.5, 0.6) is 0 Å². The van der Waals surface area contributed by atoms with Crippen LogP contribution in [-0.4, -0.2) is 59.4 Å². The van der Waals surface area contributed by atoms with Gasteiger partial charge in [0.1, 0.15) is 23.8 Å². The molecule has 4 aromatic rings. The van der Waals surface area contributed by atoms with E-state index in [0.717, 1.165) is 11.1 Å². The highest BCUT2D eigenvalue weighted by Crippen LogP contribution is 2.37. The largest absolute Gasteiger partial charge is 0.394 e. The van der Waals surface area contributed by atoms with Crippen molar-refractivity contribution >= 4 is 11.6 Å². The molecule has 1 saturated heterocycles. The number of nitrogens with zero attached hydrogens (tertiary/aromatic N) is 5. The first-order valence-electron chi connectivity index (χ1n) is 11.0. The number of rotatable bonds is 4. The number of nitrogens with two attached hydrogens (primary N) is 1. The zero-order chi connectivity index (χ0) is 24.3. The number of hydrogen-bond donors (Lipinski definition) is 3. The van der Waals surface area contributed by atoms with Gasteiger partial charge in [0.05, 0.1) is 30.2 Å². The van der Waals surface area contributed by atoms with E-state index in [9.17, 15) is 19.8 Å². The van der Waals surface area contributed by atoms with E-state index in [2.05, 4.69) is 15.3 Å². The summed E-state index contributed by atoms with van der Waals surface area (Å²) >= 11 is 0. The lowest BCUT2D eigenvalue weighted by atomic mass is 10.1. The molecular formula is C24H20N6O5. The van der Waals surface area contributed by atoms with Crippen molar-refractivity contribution in [3.8, 4) is 28.1 Å². The van der Waals surface area contributed by atoms with Crippen molar-refractivity contribution in [1.82, 2.24) is 24.5 Å². The SMILES string of the molecule is Nc1nc(=O)n([C@H]2C[C@H](O)[C@@H](CO)O2)cc1-c1cn(-c2ccc3c(c2)C(=O)c2ccccc2-3)nn1. The molecule has 6 rings (SSSR count). The molecule has 176 valence electrons. The van der Waals surface area contributed by atoms with E-state index < -0.39 is 24.1 Å². The fraction of sp³-hybridized carbons (Fsp3) is 0.208. The average Bonchev–Trinajstić information content (AvgIpc) is 3.56. The van der Waals surface area contributed by atoms with E-state index >= 15 is 0 Å². The van der Waals surface area contributed by atoms with Gasteiger partial charge in [-0.25, -0.2) is 9.48 Å². The number of fused-ring (bicyclic) bond motifs is 3.